The zero-order chi connectivity index (χ0) is 24.1. The third-order valence-electron chi connectivity index (χ3n) is 4.77. The van der Waals surface area contributed by atoms with Gasteiger partial charge in [-0.25, -0.2) is 0 Å². The summed E-state index contributed by atoms with van der Waals surface area (Å²) < 4.78 is 40.9. The molecule has 0 fully saturated rings. The number of pyridine rings is 1. The van der Waals surface area contributed by atoms with Gasteiger partial charge in [-0.15, -0.1) is 10.2 Å². The van der Waals surface area contributed by atoms with Crippen molar-refractivity contribution in [2.75, 3.05) is 11.1 Å². The van der Waals surface area contributed by atoms with Crippen LogP contribution in [0.5, 0.6) is 0 Å². The Hall–Kier alpha value is -3.86. The maximum atomic E-state index is 13.1. The van der Waals surface area contributed by atoms with Crippen LogP contribution < -0.4 is 10.6 Å². The molecule has 34 heavy (non-hydrogen) atoms. The molecule has 0 aliphatic rings. The summed E-state index contributed by atoms with van der Waals surface area (Å²) in [5.41, 5.74) is 0.547. The zero-order valence-corrected chi connectivity index (χ0v) is 18.4. The molecule has 4 rings (SSSR count). The lowest BCUT2D eigenvalue weighted by Crippen LogP contribution is -2.23. The number of hydrogen-bond acceptors (Lipinski definition) is 5. The first-order valence-electron chi connectivity index (χ1n) is 10.1. The quantitative estimate of drug-likeness (QED) is 0.379. The van der Waals surface area contributed by atoms with Crippen molar-refractivity contribution in [3.63, 3.8) is 0 Å². The Morgan fingerprint density at radius 3 is 2.44 bits per heavy atom. The molecule has 0 bridgehead atoms. The topological polar surface area (TPSA) is 88.4 Å². The Morgan fingerprint density at radius 2 is 1.68 bits per heavy atom. The van der Waals surface area contributed by atoms with Gasteiger partial charge >= 0.3 is 6.18 Å². The molecule has 2 aromatic heterocycles. The summed E-state index contributed by atoms with van der Waals surface area (Å²) in [5.74, 6) is -1.12. The summed E-state index contributed by atoms with van der Waals surface area (Å²) in [5, 5.41) is 13.5. The molecular formula is C23H18F3N5O2S. The highest BCUT2D eigenvalue weighted by Crippen LogP contribution is 2.34. The van der Waals surface area contributed by atoms with Crippen LogP contribution >= 0.6 is 11.8 Å². The van der Waals surface area contributed by atoms with Crippen LogP contribution in [0.25, 0.3) is 5.65 Å². The molecule has 2 N–H and O–H groups in total. The molecule has 0 atom stereocenters. The average Bonchev–Trinajstić information content (AvgIpc) is 3.24. The van der Waals surface area contributed by atoms with Crippen molar-refractivity contribution in [3.05, 3.63) is 89.6 Å². The van der Waals surface area contributed by atoms with Crippen LogP contribution in [-0.2, 0) is 17.5 Å². The Morgan fingerprint density at radius 1 is 0.941 bits per heavy atom. The first-order chi connectivity index (χ1) is 16.3. The Labute approximate surface area is 196 Å². The van der Waals surface area contributed by atoms with Crippen LogP contribution in [0, 0.1) is 0 Å². The highest BCUT2D eigenvalue weighted by molar-refractivity contribution is 7.99. The summed E-state index contributed by atoms with van der Waals surface area (Å²) >= 11 is 0.992. The maximum absolute atomic E-state index is 13.1. The van der Waals surface area contributed by atoms with E-state index < -0.39 is 17.6 Å². The molecule has 174 valence electrons. The second kappa shape index (κ2) is 9.96. The number of aromatic nitrogens is 3. The van der Waals surface area contributed by atoms with Crippen molar-refractivity contribution in [1.29, 1.82) is 0 Å². The molecule has 0 radical (unpaired) electrons. The number of carbonyl (C=O) groups excluding carboxylic acids is 2. The number of anilines is 1. The number of benzene rings is 2. The van der Waals surface area contributed by atoms with Gasteiger partial charge in [-0.3, -0.25) is 14.0 Å². The lowest BCUT2D eigenvalue weighted by Gasteiger charge is -2.13. The Balaban J connectivity index is 1.42. The molecule has 0 saturated heterocycles. The van der Waals surface area contributed by atoms with Gasteiger partial charge in [0.2, 0.25) is 5.91 Å². The molecule has 7 nitrogen and oxygen atoms in total. The number of fused-ring (bicyclic) bond motifs is 1. The highest BCUT2D eigenvalue weighted by Gasteiger charge is 2.33. The van der Waals surface area contributed by atoms with Crippen molar-refractivity contribution in [2.24, 2.45) is 0 Å². The van der Waals surface area contributed by atoms with Gasteiger partial charge in [0.1, 0.15) is 0 Å². The zero-order valence-electron chi connectivity index (χ0n) is 17.5. The largest absolute Gasteiger partial charge is 0.418 e. The molecule has 4 aromatic rings. The predicted octanol–water partition coefficient (Wildman–Crippen LogP) is 4.41. The van der Waals surface area contributed by atoms with Crippen LogP contribution in [0.1, 0.15) is 21.5 Å². The number of para-hydroxylation sites is 1. The van der Waals surface area contributed by atoms with E-state index in [2.05, 4.69) is 20.8 Å². The number of nitrogens with zero attached hydrogens (tertiary/aromatic N) is 3. The summed E-state index contributed by atoms with van der Waals surface area (Å²) in [6, 6.07) is 17.4. The number of amides is 2. The lowest BCUT2D eigenvalue weighted by atomic mass is 10.1. The first kappa shape index (κ1) is 23.3. The molecule has 2 amide bonds. The van der Waals surface area contributed by atoms with Gasteiger partial charge in [-0.2, -0.15) is 13.2 Å². The van der Waals surface area contributed by atoms with E-state index in [9.17, 15) is 22.8 Å². The molecule has 2 aromatic carbocycles. The van der Waals surface area contributed by atoms with Gasteiger partial charge in [0.25, 0.3) is 5.91 Å². The van der Waals surface area contributed by atoms with E-state index in [1.54, 1.807) is 22.7 Å². The monoisotopic (exact) mass is 485 g/mol. The van der Waals surface area contributed by atoms with Crippen LogP contribution in [0.3, 0.4) is 0 Å². The summed E-state index contributed by atoms with van der Waals surface area (Å²) in [7, 11) is 0. The van der Waals surface area contributed by atoms with E-state index in [1.165, 1.54) is 18.2 Å². The van der Waals surface area contributed by atoms with Crippen molar-refractivity contribution < 1.29 is 22.8 Å². The van der Waals surface area contributed by atoms with E-state index in [1.807, 2.05) is 30.3 Å². The van der Waals surface area contributed by atoms with Crippen molar-refractivity contribution in [2.45, 2.75) is 17.9 Å². The van der Waals surface area contributed by atoms with E-state index in [0.717, 1.165) is 23.4 Å². The van der Waals surface area contributed by atoms with Crippen molar-refractivity contribution >= 4 is 34.9 Å². The summed E-state index contributed by atoms with van der Waals surface area (Å²) in [6.45, 7) is 0.362. The van der Waals surface area contributed by atoms with Crippen LogP contribution in [-0.4, -0.2) is 32.2 Å². The number of alkyl halides is 3. The third kappa shape index (κ3) is 5.54. The molecule has 0 aliphatic heterocycles. The molecule has 0 saturated carbocycles. The molecule has 2 heterocycles. The first-order valence-corrected chi connectivity index (χ1v) is 11.1. The van der Waals surface area contributed by atoms with Crippen molar-refractivity contribution in [1.82, 2.24) is 19.9 Å². The predicted molar refractivity (Wildman–Crippen MR) is 121 cm³/mol. The fourth-order valence-electron chi connectivity index (χ4n) is 3.14. The average molecular weight is 485 g/mol. The number of nitrogens with one attached hydrogen (secondary N) is 2. The lowest BCUT2D eigenvalue weighted by molar-refractivity contribution is -0.137. The number of hydrogen-bond donors (Lipinski definition) is 2. The van der Waals surface area contributed by atoms with Crippen molar-refractivity contribution in [3.8, 4) is 0 Å². The molecule has 0 unspecified atom stereocenters. The number of rotatable bonds is 7. The SMILES string of the molecule is O=C(CSc1nnc2ccc(C(=O)NCc3ccccc3)cn12)Nc1ccccc1C(F)(F)F. The fraction of sp³-hybridized carbons (Fsp3) is 0.130. The van der Waals surface area contributed by atoms with Gasteiger partial charge in [-0.05, 0) is 29.8 Å². The molecule has 11 heteroatoms. The summed E-state index contributed by atoms with van der Waals surface area (Å²) in [6.07, 6.45) is -3.04. The van der Waals surface area contributed by atoms with E-state index >= 15 is 0 Å². The number of carbonyl (C=O) groups is 2. The minimum absolute atomic E-state index is 0.197. The highest BCUT2D eigenvalue weighted by atomic mass is 32.2. The van der Waals surface area contributed by atoms with Gasteiger partial charge < -0.3 is 10.6 Å². The maximum Gasteiger partial charge on any atom is 0.418 e. The van der Waals surface area contributed by atoms with E-state index in [-0.39, 0.29) is 17.3 Å². The molecule has 0 aliphatic carbocycles. The van der Waals surface area contributed by atoms with Gasteiger partial charge in [-0.1, -0.05) is 54.2 Å². The second-order valence-corrected chi connectivity index (χ2v) is 8.12. The Kier molecular flexibility index (Phi) is 6.82. The number of thioether (sulfide) groups is 1. The minimum Gasteiger partial charge on any atom is -0.348 e. The standard InChI is InChI=1S/C23H18F3N5O2S/c24-23(25,26)17-8-4-5-9-18(17)28-20(32)14-34-22-30-29-19-11-10-16(13-31(19)22)21(33)27-12-15-6-2-1-3-7-15/h1-11,13H,12,14H2,(H,27,33)(H,28,32). The summed E-state index contributed by atoms with van der Waals surface area (Å²) in [4.78, 5) is 24.8. The number of halogens is 3. The Bertz CT molecular complexity index is 1330. The van der Waals surface area contributed by atoms with Crippen LogP contribution in [0.2, 0.25) is 0 Å². The van der Waals surface area contributed by atoms with E-state index in [0.29, 0.717) is 22.9 Å². The van der Waals surface area contributed by atoms with Gasteiger partial charge in [0.15, 0.2) is 10.8 Å². The molecule has 0 spiro atoms. The second-order valence-electron chi connectivity index (χ2n) is 7.18. The van der Waals surface area contributed by atoms with E-state index in [4.69, 9.17) is 0 Å². The molecular weight excluding hydrogens is 467 g/mol. The van der Waals surface area contributed by atoms with Gasteiger partial charge in [0.05, 0.1) is 22.6 Å². The van der Waals surface area contributed by atoms with Crippen LogP contribution in [0.15, 0.2) is 78.1 Å². The van der Waals surface area contributed by atoms with Gasteiger partial charge in [0, 0.05) is 12.7 Å². The normalized spacial score (nSPS) is 11.4. The third-order valence-corrected chi connectivity index (χ3v) is 5.71. The smallest absolute Gasteiger partial charge is 0.348 e. The fourth-order valence-corrected chi connectivity index (χ4v) is 3.85. The van der Waals surface area contributed by atoms with Crippen LogP contribution in [0.4, 0.5) is 18.9 Å². The minimum atomic E-state index is -4.59.